The molecule has 0 aliphatic carbocycles. The number of aromatic amines is 1. The average Bonchev–Trinajstić information content (AvgIpc) is 2.56. The Balaban J connectivity index is 2.45. The Kier molecular flexibility index (Phi) is 3.02. The van der Waals surface area contributed by atoms with Gasteiger partial charge in [0.2, 0.25) is 0 Å². The summed E-state index contributed by atoms with van der Waals surface area (Å²) in [6.45, 7) is 3.85. The summed E-state index contributed by atoms with van der Waals surface area (Å²) >= 11 is 0. The van der Waals surface area contributed by atoms with Crippen molar-refractivity contribution in [2.75, 3.05) is 7.05 Å². The molecule has 0 saturated heterocycles. The summed E-state index contributed by atoms with van der Waals surface area (Å²) in [6, 6.07) is 3.90. The van der Waals surface area contributed by atoms with Gasteiger partial charge in [0.1, 0.15) is 0 Å². The molecule has 1 aromatic heterocycles. The van der Waals surface area contributed by atoms with Gasteiger partial charge in [0.05, 0.1) is 11.4 Å². The fourth-order valence-corrected chi connectivity index (χ4v) is 0.821. The molecule has 0 amide bonds. The third kappa shape index (κ3) is 2.20. The molecule has 3 N–H and O–H groups in total. The maximum atomic E-state index is 3.85. The van der Waals surface area contributed by atoms with Gasteiger partial charge in [-0.05, 0) is 12.1 Å². The fourth-order valence-electron chi connectivity index (χ4n) is 0.821. The first-order valence-electron chi connectivity index (χ1n) is 3.76. The molecule has 0 atom stereocenters. The molecule has 64 valence electrons. The van der Waals surface area contributed by atoms with E-state index in [2.05, 4.69) is 22.2 Å². The Labute approximate surface area is 72.2 Å². The molecule has 0 aliphatic heterocycles. The van der Waals surface area contributed by atoms with Gasteiger partial charge in [0.25, 0.3) is 0 Å². The molecule has 3 nitrogen and oxygen atoms in total. The second-order valence-electron chi connectivity index (χ2n) is 2.33. The lowest BCUT2D eigenvalue weighted by Gasteiger charge is -2.01. The van der Waals surface area contributed by atoms with E-state index in [4.69, 9.17) is 0 Å². The minimum atomic E-state index is 0.853. The number of hydrogen-bond donors (Lipinski definition) is 3. The molecule has 0 radical (unpaired) electrons. The van der Waals surface area contributed by atoms with Crippen LogP contribution in [0, 0.1) is 0 Å². The standard InChI is InChI=1S/C9H13N3/c1-8(11-7-6-10-2)9-4-3-5-12-9/h3-7,10-12H,1H2,2H3/b7-6-. The Morgan fingerprint density at radius 1 is 1.58 bits per heavy atom. The monoisotopic (exact) mass is 163 g/mol. The predicted octanol–water partition coefficient (Wildman–Crippen LogP) is 1.27. The largest absolute Gasteiger partial charge is 0.393 e. The highest BCUT2D eigenvalue weighted by Crippen LogP contribution is 2.04. The highest BCUT2D eigenvalue weighted by molar-refractivity contribution is 5.58. The smallest absolute Gasteiger partial charge is 0.0613 e. The van der Waals surface area contributed by atoms with Gasteiger partial charge in [-0.25, -0.2) is 0 Å². The number of rotatable bonds is 4. The maximum Gasteiger partial charge on any atom is 0.0613 e. The molecule has 0 unspecified atom stereocenters. The Bertz CT molecular complexity index is 259. The third-order valence-electron chi connectivity index (χ3n) is 1.43. The van der Waals surface area contributed by atoms with Gasteiger partial charge < -0.3 is 15.6 Å². The molecule has 1 rings (SSSR count). The highest BCUT2D eigenvalue weighted by atomic mass is 14.9. The van der Waals surface area contributed by atoms with Crippen LogP contribution >= 0.6 is 0 Å². The van der Waals surface area contributed by atoms with Gasteiger partial charge in [-0.1, -0.05) is 6.58 Å². The molecule has 1 heterocycles. The van der Waals surface area contributed by atoms with Crippen LogP contribution in [0.5, 0.6) is 0 Å². The molecule has 0 spiro atoms. The molecule has 0 fully saturated rings. The van der Waals surface area contributed by atoms with Crippen molar-refractivity contribution in [2.24, 2.45) is 0 Å². The van der Waals surface area contributed by atoms with E-state index in [0.29, 0.717) is 0 Å². The van der Waals surface area contributed by atoms with Crippen LogP contribution in [0.3, 0.4) is 0 Å². The highest BCUT2D eigenvalue weighted by Gasteiger charge is 1.93. The molecule has 3 heteroatoms. The van der Waals surface area contributed by atoms with Gasteiger partial charge in [-0.2, -0.15) is 0 Å². The first-order chi connectivity index (χ1) is 5.84. The van der Waals surface area contributed by atoms with Crippen LogP contribution in [-0.4, -0.2) is 12.0 Å². The van der Waals surface area contributed by atoms with E-state index in [9.17, 15) is 0 Å². The van der Waals surface area contributed by atoms with Crippen LogP contribution in [0.15, 0.2) is 37.3 Å². The Hall–Kier alpha value is -1.64. The fraction of sp³-hybridized carbons (Fsp3) is 0.111. The average molecular weight is 163 g/mol. The first-order valence-corrected chi connectivity index (χ1v) is 3.76. The van der Waals surface area contributed by atoms with Crippen LogP contribution in [0.1, 0.15) is 5.69 Å². The van der Waals surface area contributed by atoms with Gasteiger partial charge in [-0.15, -0.1) is 0 Å². The first kappa shape index (κ1) is 8.46. The van der Waals surface area contributed by atoms with Crippen molar-refractivity contribution < 1.29 is 0 Å². The SMILES string of the molecule is C=C(N/C=C\NC)c1ccc[nH]1. The molecule has 0 saturated carbocycles. The molecule has 0 aromatic carbocycles. The summed E-state index contributed by atoms with van der Waals surface area (Å²) in [6.07, 6.45) is 5.46. The zero-order valence-corrected chi connectivity index (χ0v) is 7.09. The minimum Gasteiger partial charge on any atom is -0.393 e. The van der Waals surface area contributed by atoms with Crippen LogP contribution in [0.25, 0.3) is 5.70 Å². The number of hydrogen-bond acceptors (Lipinski definition) is 2. The van der Waals surface area contributed by atoms with E-state index in [0.717, 1.165) is 11.4 Å². The van der Waals surface area contributed by atoms with Crippen molar-refractivity contribution >= 4 is 5.70 Å². The number of H-pyrrole nitrogens is 1. The van der Waals surface area contributed by atoms with Gasteiger partial charge in [0, 0.05) is 25.6 Å². The van der Waals surface area contributed by atoms with E-state index in [1.54, 1.807) is 12.4 Å². The predicted molar refractivity (Wildman–Crippen MR) is 51.2 cm³/mol. The van der Waals surface area contributed by atoms with Gasteiger partial charge >= 0.3 is 0 Å². The van der Waals surface area contributed by atoms with Crippen LogP contribution < -0.4 is 10.6 Å². The van der Waals surface area contributed by atoms with Gasteiger partial charge in [-0.3, -0.25) is 0 Å². The van der Waals surface area contributed by atoms with Crippen molar-refractivity contribution in [2.45, 2.75) is 0 Å². The van der Waals surface area contributed by atoms with Gasteiger partial charge in [0.15, 0.2) is 0 Å². The molecule has 0 aliphatic rings. The lowest BCUT2D eigenvalue weighted by atomic mass is 10.3. The summed E-state index contributed by atoms with van der Waals surface area (Å²) < 4.78 is 0. The zero-order valence-electron chi connectivity index (χ0n) is 7.09. The topological polar surface area (TPSA) is 39.8 Å². The minimum absolute atomic E-state index is 0.853. The van der Waals surface area contributed by atoms with Crippen LogP contribution in [-0.2, 0) is 0 Å². The summed E-state index contributed by atoms with van der Waals surface area (Å²) in [5, 5.41) is 5.89. The molecule has 12 heavy (non-hydrogen) atoms. The number of aromatic nitrogens is 1. The maximum absolute atomic E-state index is 3.85. The van der Waals surface area contributed by atoms with Crippen molar-refractivity contribution in [3.8, 4) is 0 Å². The van der Waals surface area contributed by atoms with Crippen molar-refractivity contribution in [3.05, 3.63) is 43.0 Å². The third-order valence-corrected chi connectivity index (χ3v) is 1.43. The summed E-state index contributed by atoms with van der Waals surface area (Å²) in [5.41, 5.74) is 1.85. The van der Waals surface area contributed by atoms with Crippen LogP contribution in [0.4, 0.5) is 0 Å². The second kappa shape index (κ2) is 4.28. The lowest BCUT2D eigenvalue weighted by Crippen LogP contribution is -2.04. The van der Waals surface area contributed by atoms with Crippen molar-refractivity contribution in [3.63, 3.8) is 0 Å². The molecule has 0 bridgehead atoms. The quantitative estimate of drug-likeness (QED) is 0.625. The lowest BCUT2D eigenvalue weighted by molar-refractivity contribution is 1.06. The second-order valence-corrected chi connectivity index (χ2v) is 2.33. The van der Waals surface area contributed by atoms with E-state index >= 15 is 0 Å². The number of nitrogens with one attached hydrogen (secondary N) is 3. The summed E-state index contributed by atoms with van der Waals surface area (Å²) in [7, 11) is 1.84. The summed E-state index contributed by atoms with van der Waals surface area (Å²) in [5.74, 6) is 0. The Morgan fingerprint density at radius 3 is 3.00 bits per heavy atom. The van der Waals surface area contributed by atoms with Crippen molar-refractivity contribution in [1.29, 1.82) is 0 Å². The normalized spacial score (nSPS) is 10.1. The molecular formula is C9H13N3. The molecule has 1 aromatic rings. The van der Waals surface area contributed by atoms with E-state index in [-0.39, 0.29) is 0 Å². The zero-order chi connectivity index (χ0) is 8.81. The van der Waals surface area contributed by atoms with E-state index < -0.39 is 0 Å². The van der Waals surface area contributed by atoms with E-state index in [1.165, 1.54) is 0 Å². The van der Waals surface area contributed by atoms with Crippen molar-refractivity contribution in [1.82, 2.24) is 15.6 Å². The summed E-state index contributed by atoms with van der Waals surface area (Å²) in [4.78, 5) is 3.05. The molecular weight excluding hydrogens is 150 g/mol. The van der Waals surface area contributed by atoms with Crippen LogP contribution in [0.2, 0.25) is 0 Å². The Morgan fingerprint density at radius 2 is 2.42 bits per heavy atom. The van der Waals surface area contributed by atoms with E-state index in [1.807, 2.05) is 25.4 Å².